The van der Waals surface area contributed by atoms with Crippen molar-refractivity contribution in [3.05, 3.63) is 70.4 Å². The molecule has 0 aromatic heterocycles. The Morgan fingerprint density at radius 2 is 1.96 bits per heavy atom. The zero-order chi connectivity index (χ0) is 20.1. The number of hydrogen-bond donors (Lipinski definition) is 2. The van der Waals surface area contributed by atoms with Crippen LogP contribution in [0.25, 0.3) is 11.1 Å². The van der Waals surface area contributed by atoms with Gasteiger partial charge in [0.15, 0.2) is 0 Å². The first-order valence-electron chi connectivity index (χ1n) is 9.63. The van der Waals surface area contributed by atoms with Gasteiger partial charge in [-0.2, -0.15) is 0 Å². The van der Waals surface area contributed by atoms with Crippen LogP contribution in [0.15, 0.2) is 48.2 Å². The van der Waals surface area contributed by atoms with Crippen LogP contribution in [0.4, 0.5) is 0 Å². The predicted molar refractivity (Wildman–Crippen MR) is 111 cm³/mol. The average molecular weight is 375 g/mol. The van der Waals surface area contributed by atoms with Crippen LogP contribution in [0.5, 0.6) is 11.5 Å². The number of carbonyl (C=O) groups is 1. The molecule has 2 aromatic rings. The second-order valence-electron chi connectivity index (χ2n) is 8.04. The van der Waals surface area contributed by atoms with Gasteiger partial charge in [0, 0.05) is 11.3 Å². The minimum Gasteiger partial charge on any atom is -0.506 e. The lowest BCUT2D eigenvalue weighted by molar-refractivity contribution is 0.0962. The highest BCUT2D eigenvalue weighted by molar-refractivity contribution is 6.03. The van der Waals surface area contributed by atoms with E-state index in [0.29, 0.717) is 16.9 Å². The molecule has 0 unspecified atom stereocenters. The van der Waals surface area contributed by atoms with Gasteiger partial charge in [-0.1, -0.05) is 35.9 Å². The van der Waals surface area contributed by atoms with Gasteiger partial charge >= 0.3 is 0 Å². The van der Waals surface area contributed by atoms with E-state index in [9.17, 15) is 9.90 Å². The predicted octanol–water partition coefficient (Wildman–Crippen LogP) is 5.27. The van der Waals surface area contributed by atoms with Gasteiger partial charge in [-0.3, -0.25) is 4.79 Å². The van der Waals surface area contributed by atoms with Crippen molar-refractivity contribution in [2.45, 2.75) is 46.1 Å². The third kappa shape index (κ3) is 2.99. The van der Waals surface area contributed by atoms with Crippen molar-refractivity contribution in [3.8, 4) is 22.6 Å². The van der Waals surface area contributed by atoms with Crippen LogP contribution in [0.3, 0.4) is 0 Å². The van der Waals surface area contributed by atoms with Crippen LogP contribution in [-0.2, 0) is 5.60 Å². The number of phenolic OH excluding ortho intramolecular Hbond substituents is 1. The van der Waals surface area contributed by atoms with Crippen LogP contribution >= 0.6 is 0 Å². The number of nitrogens with one attached hydrogen (secondary N) is 1. The number of allylic oxidation sites excluding steroid dienone is 3. The maximum absolute atomic E-state index is 13.0. The second kappa shape index (κ2) is 6.55. The largest absolute Gasteiger partial charge is 0.506 e. The molecule has 4 rings (SSSR count). The van der Waals surface area contributed by atoms with Crippen molar-refractivity contribution < 1.29 is 14.6 Å². The molecule has 0 atom stereocenters. The lowest BCUT2D eigenvalue weighted by Crippen LogP contribution is -2.30. The lowest BCUT2D eigenvalue weighted by Gasteiger charge is -2.36. The van der Waals surface area contributed by atoms with E-state index in [4.69, 9.17) is 4.74 Å². The summed E-state index contributed by atoms with van der Waals surface area (Å²) in [6.45, 7) is 7.86. The van der Waals surface area contributed by atoms with Gasteiger partial charge in [0.25, 0.3) is 5.91 Å². The fourth-order valence-electron chi connectivity index (χ4n) is 4.02. The van der Waals surface area contributed by atoms with Gasteiger partial charge in [0.2, 0.25) is 0 Å². The molecule has 28 heavy (non-hydrogen) atoms. The molecule has 0 fully saturated rings. The van der Waals surface area contributed by atoms with Crippen molar-refractivity contribution in [3.63, 3.8) is 0 Å². The molecule has 1 heterocycles. The summed E-state index contributed by atoms with van der Waals surface area (Å²) in [5.74, 6) is 0.260. The van der Waals surface area contributed by atoms with Crippen molar-refractivity contribution in [1.82, 2.24) is 5.32 Å². The van der Waals surface area contributed by atoms with Crippen LogP contribution < -0.4 is 10.1 Å². The van der Waals surface area contributed by atoms with Crippen LogP contribution in [-0.4, -0.2) is 11.0 Å². The number of phenols is 1. The summed E-state index contributed by atoms with van der Waals surface area (Å²) in [5.41, 5.74) is 4.80. The standard InChI is InChI=1S/C24H25NO3/c1-14-10-11-18-17(12-14)21-19(28-24(18,3)4)13-15(2)20(22(21)26)23(27)25-16-8-6-5-7-9-16/h6,8-13,26H,5,7H2,1-4H3,(H,25,27). The van der Waals surface area contributed by atoms with Crippen LogP contribution in [0.1, 0.15) is 53.7 Å². The van der Waals surface area contributed by atoms with E-state index in [1.807, 2.05) is 70.2 Å². The third-order valence-corrected chi connectivity index (χ3v) is 5.40. The van der Waals surface area contributed by atoms with Gasteiger partial charge in [-0.15, -0.1) is 0 Å². The number of benzene rings is 2. The summed E-state index contributed by atoms with van der Waals surface area (Å²) < 4.78 is 6.22. The van der Waals surface area contributed by atoms with E-state index in [2.05, 4.69) is 5.32 Å². The molecular formula is C24H25NO3. The van der Waals surface area contributed by atoms with Gasteiger partial charge in [0.1, 0.15) is 17.1 Å². The highest BCUT2D eigenvalue weighted by Gasteiger charge is 2.36. The molecule has 1 amide bonds. The van der Waals surface area contributed by atoms with E-state index in [-0.39, 0.29) is 17.2 Å². The molecule has 2 N–H and O–H groups in total. The average Bonchev–Trinajstić information content (AvgIpc) is 2.61. The number of amides is 1. The SMILES string of the molecule is Cc1ccc2c(c1)-c1c(cc(C)c(C(=O)NC3=CCCC=C3)c1O)OC2(C)C. The second-order valence-corrected chi connectivity index (χ2v) is 8.04. The number of hydrogen-bond acceptors (Lipinski definition) is 3. The van der Waals surface area contributed by atoms with Crippen molar-refractivity contribution in [2.75, 3.05) is 0 Å². The van der Waals surface area contributed by atoms with Gasteiger partial charge in [0.05, 0.1) is 11.1 Å². The van der Waals surface area contributed by atoms with Gasteiger partial charge < -0.3 is 15.2 Å². The van der Waals surface area contributed by atoms with E-state index in [1.165, 1.54) is 0 Å². The first-order chi connectivity index (χ1) is 13.3. The maximum Gasteiger partial charge on any atom is 0.259 e. The molecule has 4 nitrogen and oxygen atoms in total. The maximum atomic E-state index is 13.0. The Balaban J connectivity index is 1.85. The molecule has 1 aliphatic carbocycles. The van der Waals surface area contributed by atoms with Crippen LogP contribution in [0, 0.1) is 13.8 Å². The first-order valence-corrected chi connectivity index (χ1v) is 9.63. The molecule has 0 saturated carbocycles. The van der Waals surface area contributed by atoms with E-state index in [1.54, 1.807) is 0 Å². The summed E-state index contributed by atoms with van der Waals surface area (Å²) >= 11 is 0. The summed E-state index contributed by atoms with van der Waals surface area (Å²) in [7, 11) is 0. The molecule has 4 heteroatoms. The quantitative estimate of drug-likeness (QED) is 0.752. The van der Waals surface area contributed by atoms with Gasteiger partial charge in [-0.05, 0) is 63.8 Å². The van der Waals surface area contributed by atoms with Crippen molar-refractivity contribution in [1.29, 1.82) is 0 Å². The fourth-order valence-corrected chi connectivity index (χ4v) is 4.02. The van der Waals surface area contributed by atoms with Crippen molar-refractivity contribution >= 4 is 5.91 Å². The van der Waals surface area contributed by atoms with Crippen molar-refractivity contribution in [2.24, 2.45) is 0 Å². The smallest absolute Gasteiger partial charge is 0.259 e. The molecule has 2 aliphatic rings. The normalized spacial score (nSPS) is 16.5. The van der Waals surface area contributed by atoms with Crippen LogP contribution in [0.2, 0.25) is 0 Å². The first kappa shape index (κ1) is 18.4. The molecule has 144 valence electrons. The molecular weight excluding hydrogens is 350 g/mol. The zero-order valence-electron chi connectivity index (χ0n) is 16.7. The number of aryl methyl sites for hydroxylation is 2. The minimum absolute atomic E-state index is 0.0322. The Kier molecular flexibility index (Phi) is 4.30. The fraction of sp³-hybridized carbons (Fsp3) is 0.292. The summed E-state index contributed by atoms with van der Waals surface area (Å²) in [5, 5.41) is 14.1. The summed E-state index contributed by atoms with van der Waals surface area (Å²) in [4.78, 5) is 13.0. The Morgan fingerprint density at radius 3 is 2.68 bits per heavy atom. The molecule has 0 bridgehead atoms. The number of fused-ring (bicyclic) bond motifs is 3. The highest BCUT2D eigenvalue weighted by atomic mass is 16.5. The van der Waals surface area contributed by atoms with E-state index >= 15 is 0 Å². The van der Waals surface area contributed by atoms with E-state index < -0.39 is 5.60 Å². The number of carbonyl (C=O) groups excluding carboxylic acids is 1. The highest BCUT2D eigenvalue weighted by Crippen LogP contribution is 2.51. The number of ether oxygens (including phenoxy) is 1. The zero-order valence-corrected chi connectivity index (χ0v) is 16.7. The minimum atomic E-state index is -0.517. The molecule has 0 spiro atoms. The Labute approximate surface area is 165 Å². The molecule has 0 radical (unpaired) electrons. The molecule has 1 aliphatic heterocycles. The van der Waals surface area contributed by atoms with E-state index in [0.717, 1.165) is 35.2 Å². The Bertz CT molecular complexity index is 1040. The molecule has 0 saturated heterocycles. The number of aromatic hydroxyl groups is 1. The Morgan fingerprint density at radius 1 is 1.18 bits per heavy atom. The third-order valence-electron chi connectivity index (χ3n) is 5.40. The monoisotopic (exact) mass is 375 g/mol. The van der Waals surface area contributed by atoms with Gasteiger partial charge in [-0.25, -0.2) is 0 Å². The summed E-state index contributed by atoms with van der Waals surface area (Å²) in [6.07, 6.45) is 7.80. The Hall–Kier alpha value is -3.01. The summed E-state index contributed by atoms with van der Waals surface area (Å²) in [6, 6.07) is 7.96. The number of rotatable bonds is 2. The lowest BCUT2D eigenvalue weighted by atomic mass is 9.83. The molecule has 2 aromatic carbocycles. The topological polar surface area (TPSA) is 58.6 Å².